The second-order valence-corrected chi connectivity index (χ2v) is 8.19. The average Bonchev–Trinajstić information content (AvgIpc) is 2.72. The van der Waals surface area contributed by atoms with Crippen LogP contribution in [0.3, 0.4) is 0 Å². The first-order valence-corrected chi connectivity index (χ1v) is 10.7. The highest BCUT2D eigenvalue weighted by atomic mass is 32.2. The van der Waals surface area contributed by atoms with E-state index in [4.69, 9.17) is 18.9 Å². The van der Waals surface area contributed by atoms with Crippen LogP contribution >= 0.6 is 0 Å². The van der Waals surface area contributed by atoms with Gasteiger partial charge >= 0.3 is 0 Å². The molecule has 164 valence electrons. The van der Waals surface area contributed by atoms with Gasteiger partial charge in [-0.2, -0.15) is 0 Å². The van der Waals surface area contributed by atoms with Gasteiger partial charge in [-0.25, -0.2) is 8.42 Å². The van der Waals surface area contributed by atoms with E-state index >= 15 is 0 Å². The first kappa shape index (κ1) is 23.1. The summed E-state index contributed by atoms with van der Waals surface area (Å²) in [6.07, 6.45) is 1.03. The molecule has 0 aliphatic rings. The van der Waals surface area contributed by atoms with Gasteiger partial charge in [0.05, 0.1) is 40.4 Å². The number of carbonyl (C=O) groups excluding carboxylic acids is 1. The fourth-order valence-electron chi connectivity index (χ4n) is 2.93. The number of nitrogens with one attached hydrogen (secondary N) is 1. The molecule has 0 aromatic heterocycles. The number of hydrogen-bond acceptors (Lipinski definition) is 7. The molecule has 0 spiro atoms. The van der Waals surface area contributed by atoms with Crippen molar-refractivity contribution in [2.24, 2.45) is 0 Å². The molecule has 0 unspecified atom stereocenters. The van der Waals surface area contributed by atoms with Crippen molar-refractivity contribution in [1.29, 1.82) is 0 Å². The zero-order valence-corrected chi connectivity index (χ0v) is 18.6. The van der Waals surface area contributed by atoms with Crippen LogP contribution in [0.25, 0.3) is 0 Å². The Morgan fingerprint density at radius 1 is 0.867 bits per heavy atom. The minimum absolute atomic E-state index is 0.269. The molecule has 9 nitrogen and oxygen atoms in total. The molecule has 0 bridgehead atoms. The zero-order chi connectivity index (χ0) is 22.5. The molecule has 1 amide bonds. The van der Waals surface area contributed by atoms with Crippen LogP contribution in [0.4, 0.5) is 11.4 Å². The molecule has 1 N–H and O–H groups in total. The molecule has 30 heavy (non-hydrogen) atoms. The molecule has 10 heteroatoms. The maximum absolute atomic E-state index is 12.9. The summed E-state index contributed by atoms with van der Waals surface area (Å²) < 4.78 is 46.9. The molecule has 0 saturated heterocycles. The lowest BCUT2D eigenvalue weighted by Gasteiger charge is -2.28. The van der Waals surface area contributed by atoms with Crippen molar-refractivity contribution < 1.29 is 32.2 Å². The summed E-state index contributed by atoms with van der Waals surface area (Å²) in [5.41, 5.74) is 0.704. The van der Waals surface area contributed by atoms with E-state index in [-0.39, 0.29) is 5.69 Å². The Balaban J connectivity index is 2.36. The number of anilines is 2. The summed E-state index contributed by atoms with van der Waals surface area (Å²) in [5.74, 6) is 1.20. The third kappa shape index (κ3) is 5.07. The molecular weight excluding hydrogens is 412 g/mol. The predicted octanol–water partition coefficient (Wildman–Crippen LogP) is 2.51. The van der Waals surface area contributed by atoms with E-state index in [1.807, 2.05) is 0 Å². The van der Waals surface area contributed by atoms with Crippen LogP contribution in [0.1, 0.15) is 6.92 Å². The molecular formula is C20H26N2O7S. The van der Waals surface area contributed by atoms with Crippen LogP contribution in [-0.4, -0.2) is 55.1 Å². The van der Waals surface area contributed by atoms with Gasteiger partial charge < -0.3 is 24.3 Å². The number of nitrogens with zero attached hydrogens (tertiary/aromatic N) is 1. The monoisotopic (exact) mass is 438 g/mol. The van der Waals surface area contributed by atoms with E-state index < -0.39 is 22.0 Å². The largest absolute Gasteiger partial charge is 0.493 e. The molecule has 0 heterocycles. The molecule has 0 saturated carbocycles. The molecule has 0 aliphatic heterocycles. The fourth-order valence-corrected chi connectivity index (χ4v) is 4.10. The molecule has 0 fully saturated rings. The summed E-state index contributed by atoms with van der Waals surface area (Å²) >= 11 is 0. The number of benzene rings is 2. The minimum Gasteiger partial charge on any atom is -0.493 e. The van der Waals surface area contributed by atoms with Crippen molar-refractivity contribution in [3.05, 3.63) is 36.4 Å². The highest BCUT2D eigenvalue weighted by Gasteiger charge is 2.30. The second kappa shape index (κ2) is 9.57. The molecule has 2 rings (SSSR count). The van der Waals surface area contributed by atoms with Gasteiger partial charge in [-0.05, 0) is 31.2 Å². The Morgan fingerprint density at radius 2 is 1.37 bits per heavy atom. The van der Waals surface area contributed by atoms with E-state index in [1.54, 1.807) is 30.3 Å². The molecule has 1 atom stereocenters. The van der Waals surface area contributed by atoms with Gasteiger partial charge in [0.2, 0.25) is 15.9 Å². The summed E-state index contributed by atoms with van der Waals surface area (Å²) in [4.78, 5) is 12.9. The molecule has 0 radical (unpaired) electrons. The van der Waals surface area contributed by atoms with Gasteiger partial charge in [-0.3, -0.25) is 9.10 Å². The maximum Gasteiger partial charge on any atom is 0.247 e. The molecule has 2 aromatic carbocycles. The van der Waals surface area contributed by atoms with Crippen LogP contribution in [0.15, 0.2) is 36.4 Å². The topological polar surface area (TPSA) is 103 Å². The van der Waals surface area contributed by atoms with Crippen LogP contribution < -0.4 is 28.6 Å². The number of sulfonamides is 1. The number of amides is 1. The SMILES string of the molecule is COc1ccc(NC(=O)[C@H](C)N(c2ccc(OC)c(OC)c2)S(C)(=O)=O)cc1OC. The van der Waals surface area contributed by atoms with Crippen LogP contribution in [0.2, 0.25) is 0 Å². The smallest absolute Gasteiger partial charge is 0.247 e. The molecule has 0 aliphatic carbocycles. The molecule has 2 aromatic rings. The first-order valence-electron chi connectivity index (χ1n) is 8.90. The summed E-state index contributed by atoms with van der Waals surface area (Å²) in [5, 5.41) is 2.70. The Morgan fingerprint density at radius 3 is 1.87 bits per heavy atom. The number of carbonyl (C=O) groups is 1. The summed E-state index contributed by atoms with van der Waals surface area (Å²) in [6.45, 7) is 1.49. The quantitative estimate of drug-likeness (QED) is 0.642. The van der Waals surface area contributed by atoms with Gasteiger partial charge in [0.25, 0.3) is 0 Å². The lowest BCUT2D eigenvalue weighted by molar-refractivity contribution is -0.116. The van der Waals surface area contributed by atoms with E-state index in [0.717, 1.165) is 10.6 Å². The van der Waals surface area contributed by atoms with Gasteiger partial charge in [0.1, 0.15) is 6.04 Å². The predicted molar refractivity (Wildman–Crippen MR) is 115 cm³/mol. The fraction of sp³-hybridized carbons (Fsp3) is 0.350. The van der Waals surface area contributed by atoms with Crippen molar-refractivity contribution in [2.45, 2.75) is 13.0 Å². The Hall–Kier alpha value is -3.14. The Kier molecular flexibility index (Phi) is 7.38. The van der Waals surface area contributed by atoms with Crippen molar-refractivity contribution in [1.82, 2.24) is 0 Å². The van der Waals surface area contributed by atoms with Crippen LogP contribution in [-0.2, 0) is 14.8 Å². The lowest BCUT2D eigenvalue weighted by atomic mass is 10.2. The third-order valence-corrected chi connectivity index (χ3v) is 5.60. The first-order chi connectivity index (χ1) is 14.2. The van der Waals surface area contributed by atoms with Gasteiger partial charge in [-0.15, -0.1) is 0 Å². The number of ether oxygens (including phenoxy) is 4. The van der Waals surface area contributed by atoms with Gasteiger partial charge in [0, 0.05) is 17.8 Å². The number of hydrogen-bond donors (Lipinski definition) is 1. The summed E-state index contributed by atoms with van der Waals surface area (Å²) in [6, 6.07) is 8.43. The zero-order valence-electron chi connectivity index (χ0n) is 17.8. The van der Waals surface area contributed by atoms with Crippen molar-refractivity contribution in [3.63, 3.8) is 0 Å². The van der Waals surface area contributed by atoms with Gasteiger partial charge in [0.15, 0.2) is 23.0 Å². The van der Waals surface area contributed by atoms with E-state index in [0.29, 0.717) is 28.7 Å². The van der Waals surface area contributed by atoms with E-state index in [9.17, 15) is 13.2 Å². The highest BCUT2D eigenvalue weighted by molar-refractivity contribution is 7.92. The summed E-state index contributed by atoms with van der Waals surface area (Å²) in [7, 11) is 2.12. The average molecular weight is 439 g/mol. The van der Waals surface area contributed by atoms with E-state index in [2.05, 4.69) is 5.32 Å². The highest BCUT2D eigenvalue weighted by Crippen LogP contribution is 2.34. The number of rotatable bonds is 9. The maximum atomic E-state index is 12.9. The van der Waals surface area contributed by atoms with Gasteiger partial charge in [-0.1, -0.05) is 0 Å². The Labute approximate surface area is 176 Å². The third-order valence-electron chi connectivity index (χ3n) is 4.36. The standard InChI is InChI=1S/C20H26N2O7S/c1-13(20(23)21-14-7-9-16(26-2)18(11-14)28-4)22(30(6,24)25)15-8-10-17(27-3)19(12-15)29-5/h7-13H,1-6H3,(H,21,23)/t13-/m0/s1. The van der Waals surface area contributed by atoms with Crippen LogP contribution in [0.5, 0.6) is 23.0 Å². The van der Waals surface area contributed by atoms with E-state index in [1.165, 1.54) is 41.4 Å². The second-order valence-electron chi connectivity index (χ2n) is 6.33. The van der Waals surface area contributed by atoms with Crippen molar-refractivity contribution in [3.8, 4) is 23.0 Å². The normalized spacial score (nSPS) is 11.9. The van der Waals surface area contributed by atoms with Crippen molar-refractivity contribution in [2.75, 3.05) is 44.3 Å². The van der Waals surface area contributed by atoms with Crippen molar-refractivity contribution >= 4 is 27.3 Å². The number of methoxy groups -OCH3 is 4. The lowest BCUT2D eigenvalue weighted by Crippen LogP contribution is -2.45. The minimum atomic E-state index is -3.79. The Bertz CT molecular complexity index is 1010. The van der Waals surface area contributed by atoms with Crippen LogP contribution in [0, 0.1) is 0 Å².